The third-order valence-corrected chi connectivity index (χ3v) is 2.60. The summed E-state index contributed by atoms with van der Waals surface area (Å²) in [4.78, 5) is 14.9. The number of aromatic nitrogens is 2. The van der Waals surface area contributed by atoms with Crippen molar-refractivity contribution in [1.29, 1.82) is 0 Å². The van der Waals surface area contributed by atoms with E-state index in [4.69, 9.17) is 15.6 Å². The maximum atomic E-state index is 13.7. The van der Waals surface area contributed by atoms with Crippen LogP contribution in [0.15, 0.2) is 17.1 Å². The molecule has 102 valence electrons. The number of nitrogens with zero attached hydrogens (tertiary/aromatic N) is 2. The normalized spacial score (nSPS) is 31.1. The van der Waals surface area contributed by atoms with Gasteiger partial charge in [-0.25, -0.2) is 9.18 Å². The number of nitrogens with two attached hydrogens (primary N) is 1. The lowest BCUT2D eigenvalue weighted by atomic mass is 10.1. The van der Waals surface area contributed by atoms with Crippen molar-refractivity contribution in [3.8, 4) is 0 Å². The smallest absolute Gasteiger partial charge is 0.351 e. The molecule has 0 unspecified atom stereocenters. The Labute approximate surface area is 107 Å². The summed E-state index contributed by atoms with van der Waals surface area (Å²) in [7, 11) is 0. The van der Waals surface area contributed by atoms with Crippen molar-refractivity contribution in [3.05, 3.63) is 22.7 Å². The van der Waals surface area contributed by atoms with Crippen LogP contribution in [0.25, 0.3) is 0 Å². The van der Waals surface area contributed by atoms with Crippen LogP contribution in [0.4, 0.5) is 10.2 Å². The zero-order valence-corrected chi connectivity index (χ0v) is 9.96. The van der Waals surface area contributed by atoms with Crippen molar-refractivity contribution in [2.24, 2.45) is 0 Å². The highest BCUT2D eigenvalue weighted by Gasteiger charge is 2.45. The lowest BCUT2D eigenvalue weighted by Gasteiger charge is -2.15. The van der Waals surface area contributed by atoms with Crippen molar-refractivity contribution in [3.63, 3.8) is 0 Å². The van der Waals surface area contributed by atoms with Crippen molar-refractivity contribution in [2.75, 3.05) is 12.3 Å². The van der Waals surface area contributed by atoms with Crippen molar-refractivity contribution in [1.82, 2.24) is 9.55 Å². The SMILES string of the molecule is Cl.Nc1ccn([C@@H]2O[C@H](CO)[C@@H](O)[C@H]2F)c(=O)n1. The predicted octanol–water partition coefficient (Wildman–Crippen LogP) is -1.16. The highest BCUT2D eigenvalue weighted by Crippen LogP contribution is 2.30. The fourth-order valence-corrected chi connectivity index (χ4v) is 1.70. The van der Waals surface area contributed by atoms with Crippen LogP contribution >= 0.6 is 12.4 Å². The lowest BCUT2D eigenvalue weighted by Crippen LogP contribution is -2.33. The minimum absolute atomic E-state index is 0. The van der Waals surface area contributed by atoms with E-state index in [9.17, 15) is 14.3 Å². The largest absolute Gasteiger partial charge is 0.394 e. The van der Waals surface area contributed by atoms with E-state index < -0.39 is 36.9 Å². The van der Waals surface area contributed by atoms with E-state index in [1.54, 1.807) is 0 Å². The van der Waals surface area contributed by atoms with E-state index in [0.717, 1.165) is 4.57 Å². The average Bonchev–Trinajstić information content (AvgIpc) is 2.57. The van der Waals surface area contributed by atoms with Crippen LogP contribution in [0, 0.1) is 0 Å². The molecule has 1 aliphatic heterocycles. The number of nitrogen functional groups attached to an aromatic ring is 1. The second kappa shape index (κ2) is 5.61. The van der Waals surface area contributed by atoms with E-state index >= 15 is 0 Å². The first kappa shape index (κ1) is 14.8. The first-order valence-electron chi connectivity index (χ1n) is 4.97. The minimum Gasteiger partial charge on any atom is -0.394 e. The number of ether oxygens (including phenoxy) is 1. The van der Waals surface area contributed by atoms with E-state index in [2.05, 4.69) is 4.98 Å². The van der Waals surface area contributed by atoms with Crippen LogP contribution in [0.3, 0.4) is 0 Å². The molecule has 1 fully saturated rings. The molecular formula is C9H13ClFN3O4. The Kier molecular flexibility index (Phi) is 4.63. The Bertz CT molecular complexity index is 471. The van der Waals surface area contributed by atoms with Gasteiger partial charge in [-0.2, -0.15) is 4.98 Å². The first-order chi connectivity index (χ1) is 8.04. The van der Waals surface area contributed by atoms with Crippen molar-refractivity contribution >= 4 is 18.2 Å². The molecule has 1 aromatic heterocycles. The molecule has 18 heavy (non-hydrogen) atoms. The Hall–Kier alpha value is -1.22. The van der Waals surface area contributed by atoms with E-state index in [1.807, 2.05) is 0 Å². The van der Waals surface area contributed by atoms with Gasteiger partial charge in [-0.15, -0.1) is 12.4 Å². The second-order valence-corrected chi connectivity index (χ2v) is 3.72. The van der Waals surface area contributed by atoms with Crippen LogP contribution < -0.4 is 11.4 Å². The number of halogens is 2. The van der Waals surface area contributed by atoms with Crippen molar-refractivity contribution in [2.45, 2.75) is 24.6 Å². The van der Waals surface area contributed by atoms with Crippen LogP contribution in [0.1, 0.15) is 6.23 Å². The van der Waals surface area contributed by atoms with Gasteiger partial charge in [-0.05, 0) is 6.07 Å². The number of alkyl halides is 1. The number of rotatable bonds is 2. The molecule has 1 saturated heterocycles. The van der Waals surface area contributed by atoms with Crippen LogP contribution in [0.5, 0.6) is 0 Å². The number of hydrogen-bond acceptors (Lipinski definition) is 6. The van der Waals surface area contributed by atoms with Crippen LogP contribution in [0.2, 0.25) is 0 Å². The molecular weight excluding hydrogens is 269 g/mol. The highest BCUT2D eigenvalue weighted by molar-refractivity contribution is 5.85. The molecule has 9 heteroatoms. The number of aliphatic hydroxyl groups is 2. The second-order valence-electron chi connectivity index (χ2n) is 3.72. The van der Waals surface area contributed by atoms with E-state index in [1.165, 1.54) is 12.3 Å². The summed E-state index contributed by atoms with van der Waals surface area (Å²) < 4.78 is 19.6. The van der Waals surface area contributed by atoms with Gasteiger partial charge in [0.15, 0.2) is 12.4 Å². The Morgan fingerprint density at radius 2 is 2.28 bits per heavy atom. The molecule has 1 aliphatic rings. The fourth-order valence-electron chi connectivity index (χ4n) is 1.70. The fraction of sp³-hybridized carbons (Fsp3) is 0.556. The maximum absolute atomic E-state index is 13.7. The minimum atomic E-state index is -1.81. The monoisotopic (exact) mass is 281 g/mol. The van der Waals surface area contributed by atoms with Gasteiger partial charge in [0, 0.05) is 6.20 Å². The number of anilines is 1. The molecule has 0 radical (unpaired) electrons. The van der Waals surface area contributed by atoms with Gasteiger partial charge in [0.05, 0.1) is 6.61 Å². The molecule has 0 bridgehead atoms. The van der Waals surface area contributed by atoms with Gasteiger partial charge < -0.3 is 20.7 Å². The summed E-state index contributed by atoms with van der Waals surface area (Å²) >= 11 is 0. The van der Waals surface area contributed by atoms with Crippen LogP contribution in [-0.4, -0.2) is 44.8 Å². The summed E-state index contributed by atoms with van der Waals surface area (Å²) in [6.45, 7) is -0.533. The number of aliphatic hydroxyl groups excluding tert-OH is 2. The summed E-state index contributed by atoms with van der Waals surface area (Å²) in [5.41, 5.74) is 4.52. The Balaban J connectivity index is 0.00000162. The third kappa shape index (κ3) is 2.46. The summed E-state index contributed by atoms with van der Waals surface area (Å²) in [6.07, 6.45) is -4.42. The van der Waals surface area contributed by atoms with E-state index in [0.29, 0.717) is 0 Å². The van der Waals surface area contributed by atoms with E-state index in [-0.39, 0.29) is 18.2 Å². The molecule has 1 aromatic rings. The average molecular weight is 282 g/mol. The third-order valence-electron chi connectivity index (χ3n) is 2.60. The quantitative estimate of drug-likeness (QED) is 0.630. The molecule has 0 spiro atoms. The summed E-state index contributed by atoms with van der Waals surface area (Å²) in [5, 5.41) is 18.3. The predicted molar refractivity (Wildman–Crippen MR) is 62.1 cm³/mol. The lowest BCUT2D eigenvalue weighted by molar-refractivity contribution is -0.0490. The Morgan fingerprint density at radius 3 is 2.78 bits per heavy atom. The number of hydrogen-bond donors (Lipinski definition) is 3. The van der Waals surface area contributed by atoms with Crippen LogP contribution in [-0.2, 0) is 4.74 Å². The molecule has 4 atom stereocenters. The molecule has 2 rings (SSSR count). The van der Waals surface area contributed by atoms with Gasteiger partial charge in [0.2, 0.25) is 0 Å². The van der Waals surface area contributed by atoms with Gasteiger partial charge >= 0.3 is 5.69 Å². The summed E-state index contributed by atoms with van der Waals surface area (Å²) in [6, 6.07) is 1.32. The Morgan fingerprint density at radius 1 is 1.61 bits per heavy atom. The van der Waals surface area contributed by atoms with Gasteiger partial charge in [0.1, 0.15) is 18.0 Å². The molecule has 4 N–H and O–H groups in total. The molecule has 7 nitrogen and oxygen atoms in total. The van der Waals surface area contributed by atoms with Gasteiger partial charge in [0.25, 0.3) is 0 Å². The molecule has 2 heterocycles. The van der Waals surface area contributed by atoms with Gasteiger partial charge in [-0.1, -0.05) is 0 Å². The molecule has 0 aliphatic carbocycles. The zero-order valence-electron chi connectivity index (χ0n) is 9.14. The molecule has 0 saturated carbocycles. The standard InChI is InChI=1S/C9H12FN3O4.ClH/c10-6-7(15)4(3-14)17-8(6)13-2-1-5(11)12-9(13)16;/h1-2,4,6-8,14-15H,3H2,(H2,11,12,16);1H/t4-,6-,7-,8-;/m1./s1. The first-order valence-corrected chi connectivity index (χ1v) is 4.97. The summed E-state index contributed by atoms with van der Waals surface area (Å²) in [5.74, 6) is 0.0129. The van der Waals surface area contributed by atoms with Crippen molar-refractivity contribution < 1.29 is 19.3 Å². The maximum Gasteiger partial charge on any atom is 0.351 e. The molecule has 0 amide bonds. The topological polar surface area (TPSA) is 111 Å². The zero-order chi connectivity index (χ0) is 12.6. The molecule has 0 aromatic carbocycles. The van der Waals surface area contributed by atoms with Gasteiger partial charge in [-0.3, -0.25) is 4.57 Å². The highest BCUT2D eigenvalue weighted by atomic mass is 35.5.